The van der Waals surface area contributed by atoms with Gasteiger partial charge in [-0.3, -0.25) is 0 Å². The van der Waals surface area contributed by atoms with E-state index in [1.54, 1.807) is 17.8 Å². The van der Waals surface area contributed by atoms with Crippen molar-refractivity contribution in [1.82, 2.24) is 0 Å². The summed E-state index contributed by atoms with van der Waals surface area (Å²) in [5, 5.41) is 9.94. The van der Waals surface area contributed by atoms with Crippen molar-refractivity contribution in [3.05, 3.63) is 23.9 Å². The van der Waals surface area contributed by atoms with Crippen molar-refractivity contribution >= 4 is 40.3 Å². The van der Waals surface area contributed by atoms with Gasteiger partial charge in [-0.1, -0.05) is 22.6 Å². The quantitative estimate of drug-likeness (QED) is 0.346. The molecule has 2 heterocycles. The van der Waals surface area contributed by atoms with Gasteiger partial charge in [0.05, 0.1) is 10.2 Å². The topological polar surface area (TPSA) is 41.2 Å². The van der Waals surface area contributed by atoms with Gasteiger partial charge in [-0.2, -0.15) is 4.57 Å². The summed E-state index contributed by atoms with van der Waals surface area (Å²) in [6, 6.07) is 3.48. The zero-order valence-corrected chi connectivity index (χ0v) is 13.7. The molecule has 0 saturated heterocycles. The number of hydrogen-bond donors (Lipinski definition) is 1. The molecule has 0 radical (unpaired) electrons. The molecule has 3 nitrogen and oxygen atoms in total. The van der Waals surface area contributed by atoms with Crippen LogP contribution < -0.4 is 28.5 Å². The summed E-state index contributed by atoms with van der Waals surface area (Å²) in [7, 11) is 0. The molecule has 1 aromatic heterocycles. The summed E-state index contributed by atoms with van der Waals surface area (Å²) in [6.07, 6.45) is 1.97. The molecule has 0 aliphatic carbocycles. The van der Waals surface area contributed by atoms with Crippen LogP contribution in [0.3, 0.4) is 0 Å². The summed E-state index contributed by atoms with van der Waals surface area (Å²) in [5.41, 5.74) is 0.461. The van der Waals surface area contributed by atoms with Crippen molar-refractivity contribution in [1.29, 1.82) is 0 Å². The number of carbonyl (C=O) groups is 1. The number of aromatic nitrogens is 1. The van der Waals surface area contributed by atoms with Gasteiger partial charge in [0.1, 0.15) is 5.56 Å². The highest BCUT2D eigenvalue weighted by Crippen LogP contribution is 2.33. The average molecular weight is 463 g/mol. The first-order valence-electron chi connectivity index (χ1n) is 4.56. The van der Waals surface area contributed by atoms with Crippen LogP contribution in [0.5, 0.6) is 0 Å². The molecule has 1 aliphatic rings. The molecule has 2 rings (SSSR count). The van der Waals surface area contributed by atoms with Gasteiger partial charge >= 0.3 is 5.97 Å². The van der Waals surface area contributed by atoms with Crippen LogP contribution in [0.2, 0.25) is 0 Å². The first-order chi connectivity index (χ1) is 7.08. The number of carboxylic acid groups (broad SMARTS) is 1. The van der Waals surface area contributed by atoms with Gasteiger partial charge in [-0.25, -0.2) is 4.79 Å². The number of carboxylic acids is 1. The van der Waals surface area contributed by atoms with Crippen LogP contribution in [0.4, 0.5) is 0 Å². The molecule has 6 heteroatoms. The predicted octanol–water partition coefficient (Wildman–Crippen LogP) is -1.07. The van der Waals surface area contributed by atoms with E-state index >= 15 is 0 Å². The Morgan fingerprint density at radius 1 is 1.75 bits per heavy atom. The van der Waals surface area contributed by atoms with Crippen molar-refractivity contribution in [2.75, 3.05) is 10.2 Å². The largest absolute Gasteiger partial charge is 1.00 e. The third-order valence-corrected chi connectivity index (χ3v) is 5.67. The highest BCUT2D eigenvalue weighted by Gasteiger charge is 2.44. The van der Waals surface area contributed by atoms with E-state index in [2.05, 4.69) is 34.1 Å². The lowest BCUT2D eigenvalue weighted by Gasteiger charge is -2.14. The van der Waals surface area contributed by atoms with E-state index in [-0.39, 0.29) is 29.5 Å². The van der Waals surface area contributed by atoms with E-state index in [1.807, 2.05) is 12.3 Å². The van der Waals surface area contributed by atoms with Crippen LogP contribution in [0.1, 0.15) is 17.3 Å². The minimum atomic E-state index is -0.843. The molecule has 0 saturated carbocycles. The lowest BCUT2D eigenvalue weighted by Crippen LogP contribution is -3.00. The first-order valence-corrected chi connectivity index (χ1v) is 7.07. The second-order valence-corrected chi connectivity index (χ2v) is 5.55. The highest BCUT2D eigenvalue weighted by atomic mass is 127. The van der Waals surface area contributed by atoms with Crippen LogP contribution >= 0.6 is 34.4 Å². The Hall–Kier alpha value is 0.430. The Morgan fingerprint density at radius 2 is 2.44 bits per heavy atom. The van der Waals surface area contributed by atoms with E-state index in [0.717, 1.165) is 15.2 Å². The molecule has 1 N–H and O–H groups in total. The molecule has 1 aromatic rings. The van der Waals surface area contributed by atoms with Gasteiger partial charge in [-0.15, -0.1) is 0 Å². The van der Waals surface area contributed by atoms with Crippen LogP contribution in [0.15, 0.2) is 23.4 Å². The Bertz CT molecular complexity index is 427. The SMILES string of the molecule is CC1(CI)CSc2c(C(=O)O)ccc[n+]21.[I-]. The Balaban J connectivity index is 0.00000128. The number of hydrogen-bond acceptors (Lipinski definition) is 2. The van der Waals surface area contributed by atoms with Gasteiger partial charge in [0.15, 0.2) is 11.7 Å². The molecule has 88 valence electrons. The zero-order chi connectivity index (χ0) is 11.1. The van der Waals surface area contributed by atoms with Gasteiger partial charge in [0.2, 0.25) is 0 Å². The molecule has 0 fully saturated rings. The minimum absolute atomic E-state index is 0. The molecular formula is C10H11I2NO2S. The predicted molar refractivity (Wildman–Crippen MR) is 66.9 cm³/mol. The number of rotatable bonds is 2. The van der Waals surface area contributed by atoms with Crippen molar-refractivity contribution in [3.63, 3.8) is 0 Å². The van der Waals surface area contributed by atoms with Crippen LogP contribution in [-0.4, -0.2) is 21.3 Å². The molecule has 0 aromatic carbocycles. The first kappa shape index (κ1) is 14.5. The number of halogens is 2. The Kier molecular flexibility index (Phi) is 4.88. The van der Waals surface area contributed by atoms with Crippen molar-refractivity contribution in [2.45, 2.75) is 17.5 Å². The van der Waals surface area contributed by atoms with Crippen LogP contribution in [0.25, 0.3) is 0 Å². The molecule has 1 aliphatic heterocycles. The smallest absolute Gasteiger partial charge is 0.343 e. The molecular weight excluding hydrogens is 452 g/mol. The Labute approximate surface area is 129 Å². The standard InChI is InChI=1S/C10H10INO2S.HI/c1-10(5-11)6-15-8-7(9(13)14)3-2-4-12(8)10;/h2-4H,5-6H2,1H3;1H. The number of nitrogens with zero attached hydrogens (tertiary/aromatic N) is 1. The van der Waals surface area contributed by atoms with Gasteiger partial charge < -0.3 is 29.1 Å². The van der Waals surface area contributed by atoms with Crippen molar-refractivity contribution in [3.8, 4) is 0 Å². The molecule has 1 atom stereocenters. The molecule has 0 amide bonds. The van der Waals surface area contributed by atoms with Gasteiger partial charge in [0, 0.05) is 13.0 Å². The second kappa shape index (κ2) is 5.38. The zero-order valence-electron chi connectivity index (χ0n) is 8.61. The molecule has 0 spiro atoms. The molecule has 0 bridgehead atoms. The summed E-state index contributed by atoms with van der Waals surface area (Å²) in [4.78, 5) is 11.0. The van der Waals surface area contributed by atoms with Crippen molar-refractivity contribution in [2.24, 2.45) is 0 Å². The van der Waals surface area contributed by atoms with E-state index in [4.69, 9.17) is 5.11 Å². The fourth-order valence-corrected chi connectivity index (χ4v) is 4.05. The third-order valence-electron chi connectivity index (χ3n) is 2.57. The monoisotopic (exact) mass is 463 g/mol. The number of fused-ring (bicyclic) bond motifs is 1. The summed E-state index contributed by atoms with van der Waals surface area (Å²) in [5.74, 6) is 0.102. The normalized spacial score (nSPS) is 22.4. The number of thioether (sulfide) groups is 1. The van der Waals surface area contributed by atoms with E-state index in [1.165, 1.54) is 0 Å². The minimum Gasteiger partial charge on any atom is -1.00 e. The lowest BCUT2D eigenvalue weighted by molar-refractivity contribution is -0.777. The fraction of sp³-hybridized carbons (Fsp3) is 0.400. The lowest BCUT2D eigenvalue weighted by atomic mass is 10.1. The average Bonchev–Trinajstić information content (AvgIpc) is 2.57. The van der Waals surface area contributed by atoms with Gasteiger partial charge in [0.25, 0.3) is 5.03 Å². The van der Waals surface area contributed by atoms with Crippen LogP contribution in [-0.2, 0) is 5.54 Å². The van der Waals surface area contributed by atoms with E-state index < -0.39 is 5.97 Å². The van der Waals surface area contributed by atoms with Crippen LogP contribution in [0, 0.1) is 0 Å². The Morgan fingerprint density at radius 3 is 3.00 bits per heavy atom. The third kappa shape index (κ3) is 2.33. The maximum atomic E-state index is 11.0. The second-order valence-electron chi connectivity index (χ2n) is 3.82. The maximum Gasteiger partial charge on any atom is 0.343 e. The highest BCUT2D eigenvalue weighted by molar-refractivity contribution is 14.1. The van der Waals surface area contributed by atoms with Crippen molar-refractivity contribution < 1.29 is 38.4 Å². The number of pyridine rings is 1. The fourth-order valence-electron chi connectivity index (χ4n) is 1.63. The summed E-state index contributed by atoms with van der Waals surface area (Å²) < 4.78 is 3.08. The summed E-state index contributed by atoms with van der Waals surface area (Å²) >= 11 is 3.98. The molecule has 1 unspecified atom stereocenters. The van der Waals surface area contributed by atoms with E-state index in [9.17, 15) is 4.79 Å². The molecule has 16 heavy (non-hydrogen) atoms. The number of aromatic carboxylic acids is 1. The maximum absolute atomic E-state index is 11.0. The number of alkyl halides is 1. The van der Waals surface area contributed by atoms with Gasteiger partial charge in [-0.05, 0) is 17.8 Å². The van der Waals surface area contributed by atoms with E-state index in [0.29, 0.717) is 5.56 Å². The summed E-state index contributed by atoms with van der Waals surface area (Å²) in [6.45, 7) is 2.16.